The molecule has 0 unspecified atom stereocenters. The molecule has 0 spiro atoms. The van der Waals surface area contributed by atoms with Gasteiger partial charge in [0.05, 0.1) is 23.4 Å². The summed E-state index contributed by atoms with van der Waals surface area (Å²) in [5.74, 6) is -0.842. The van der Waals surface area contributed by atoms with Gasteiger partial charge in [0.25, 0.3) is 6.43 Å². The van der Waals surface area contributed by atoms with Gasteiger partial charge in [0.15, 0.2) is 11.5 Å². The van der Waals surface area contributed by atoms with Gasteiger partial charge in [0, 0.05) is 41.8 Å². The van der Waals surface area contributed by atoms with E-state index in [1.54, 1.807) is 10.6 Å². The van der Waals surface area contributed by atoms with Crippen LogP contribution in [-0.2, 0) is 4.79 Å². The molecule has 1 amide bonds. The minimum absolute atomic E-state index is 0.107. The summed E-state index contributed by atoms with van der Waals surface area (Å²) >= 11 is 0. The highest BCUT2D eigenvalue weighted by Crippen LogP contribution is 2.36. The number of pyridine rings is 3. The third-order valence-electron chi connectivity index (χ3n) is 6.91. The third kappa shape index (κ3) is 4.45. The van der Waals surface area contributed by atoms with Crippen molar-refractivity contribution in [1.29, 1.82) is 0 Å². The number of carbonyl (C=O) groups excluding carboxylic acids is 1. The molecule has 2 N–H and O–H groups in total. The first-order valence-electron chi connectivity index (χ1n) is 12.0. The number of piperidine rings is 1. The van der Waals surface area contributed by atoms with Crippen LogP contribution in [0.2, 0.25) is 0 Å². The molecule has 6 rings (SSSR count). The molecule has 4 aromatic heterocycles. The molecule has 1 aliphatic carbocycles. The lowest BCUT2D eigenvalue weighted by Crippen LogP contribution is -2.46. The number of β-amino-alcohol motifs (C(OH)–C–C–N with tert-alkyl or cyclic N) is 1. The Hall–Kier alpha value is -3.80. The summed E-state index contributed by atoms with van der Waals surface area (Å²) in [6.07, 6.45) is 2.06. The first kappa shape index (κ1) is 23.6. The molecule has 9 nitrogen and oxygen atoms in total. The van der Waals surface area contributed by atoms with E-state index in [-0.39, 0.29) is 23.4 Å². The zero-order chi connectivity index (χ0) is 25.9. The average Bonchev–Trinajstić information content (AvgIpc) is 3.44. The molecule has 2 aliphatic rings. The van der Waals surface area contributed by atoms with Crippen LogP contribution < -0.4 is 10.2 Å². The molecule has 1 saturated carbocycles. The number of amides is 1. The molecule has 3 atom stereocenters. The Morgan fingerprint density at radius 1 is 1.24 bits per heavy atom. The second-order valence-electron chi connectivity index (χ2n) is 9.97. The summed E-state index contributed by atoms with van der Waals surface area (Å²) in [7, 11) is 0. The lowest BCUT2D eigenvalue weighted by Gasteiger charge is -2.38. The Kier molecular flexibility index (Phi) is 5.51. The van der Waals surface area contributed by atoms with Gasteiger partial charge in [-0.3, -0.25) is 9.78 Å². The number of hydrogen-bond acceptors (Lipinski definition) is 7. The predicted octanol–water partition coefficient (Wildman–Crippen LogP) is 3.92. The van der Waals surface area contributed by atoms with Gasteiger partial charge >= 0.3 is 0 Å². The summed E-state index contributed by atoms with van der Waals surface area (Å²) in [5.41, 5.74) is 0.583. The molecule has 192 valence electrons. The number of alkyl halides is 3. The number of fused-ring (bicyclic) bond motifs is 2. The number of aliphatic hydroxyl groups is 1. The van der Waals surface area contributed by atoms with E-state index in [0.29, 0.717) is 23.1 Å². The molecule has 1 saturated heterocycles. The quantitative estimate of drug-likeness (QED) is 0.418. The van der Waals surface area contributed by atoms with Crippen molar-refractivity contribution in [2.24, 2.45) is 5.92 Å². The van der Waals surface area contributed by atoms with Crippen molar-refractivity contribution >= 4 is 33.8 Å². The van der Waals surface area contributed by atoms with Crippen LogP contribution in [-0.4, -0.2) is 60.4 Å². The van der Waals surface area contributed by atoms with Gasteiger partial charge in [-0.15, -0.1) is 5.10 Å². The minimum Gasteiger partial charge on any atom is -0.388 e. The van der Waals surface area contributed by atoms with Crippen molar-refractivity contribution in [3.8, 4) is 11.4 Å². The summed E-state index contributed by atoms with van der Waals surface area (Å²) in [4.78, 5) is 26.9. The highest BCUT2D eigenvalue weighted by Gasteiger charge is 2.43. The molecule has 0 aromatic carbocycles. The number of hydrogen-bond donors (Lipinski definition) is 2. The Labute approximate surface area is 209 Å². The normalized spacial score (nSPS) is 23.7. The maximum Gasteiger partial charge on any atom is 0.281 e. The topological polar surface area (TPSA) is 109 Å². The van der Waals surface area contributed by atoms with Gasteiger partial charge in [-0.2, -0.15) is 0 Å². The number of rotatable bonds is 5. The number of nitrogens with one attached hydrogen (secondary N) is 1. The van der Waals surface area contributed by atoms with Crippen molar-refractivity contribution < 1.29 is 23.1 Å². The lowest BCUT2D eigenvalue weighted by atomic mass is 9.95. The summed E-state index contributed by atoms with van der Waals surface area (Å²) < 4.78 is 42.3. The first-order valence-corrected chi connectivity index (χ1v) is 12.0. The van der Waals surface area contributed by atoms with E-state index in [9.17, 15) is 23.1 Å². The average molecular weight is 512 g/mol. The van der Waals surface area contributed by atoms with Crippen LogP contribution in [0, 0.1) is 5.92 Å². The van der Waals surface area contributed by atoms with Crippen LogP contribution in [0.15, 0.2) is 36.8 Å². The highest BCUT2D eigenvalue weighted by atomic mass is 19.3. The van der Waals surface area contributed by atoms with Crippen molar-refractivity contribution in [2.75, 3.05) is 23.3 Å². The van der Waals surface area contributed by atoms with Crippen LogP contribution in [0.4, 0.5) is 24.7 Å². The fourth-order valence-corrected chi connectivity index (χ4v) is 4.84. The van der Waals surface area contributed by atoms with Gasteiger partial charge in [-0.25, -0.2) is 27.7 Å². The smallest absolute Gasteiger partial charge is 0.281 e. The van der Waals surface area contributed by atoms with Crippen molar-refractivity contribution in [1.82, 2.24) is 24.6 Å². The zero-order valence-electron chi connectivity index (χ0n) is 19.9. The van der Waals surface area contributed by atoms with Crippen molar-refractivity contribution in [3.05, 3.63) is 42.5 Å². The first-order chi connectivity index (χ1) is 17.7. The summed E-state index contributed by atoms with van der Waals surface area (Å²) in [6, 6.07) is 5.16. The molecule has 0 bridgehead atoms. The van der Waals surface area contributed by atoms with Gasteiger partial charge < -0.3 is 15.3 Å². The highest BCUT2D eigenvalue weighted by molar-refractivity contribution is 6.00. The molecule has 2 fully saturated rings. The molecule has 1 aliphatic heterocycles. The number of carbonyl (C=O) groups is 1. The molecular formula is C25H24F3N7O2. The monoisotopic (exact) mass is 511 g/mol. The number of nitrogens with zero attached hydrogens (tertiary/aromatic N) is 6. The number of halogens is 3. The molecule has 12 heteroatoms. The van der Waals surface area contributed by atoms with Gasteiger partial charge in [-0.1, -0.05) is 0 Å². The number of aromatic nitrogens is 5. The molecule has 4 aromatic rings. The Bertz CT molecular complexity index is 1520. The number of anilines is 2. The Balaban J connectivity index is 1.39. The van der Waals surface area contributed by atoms with E-state index in [1.165, 1.54) is 18.5 Å². The van der Waals surface area contributed by atoms with E-state index in [0.717, 1.165) is 25.1 Å². The van der Waals surface area contributed by atoms with Crippen LogP contribution in [0.1, 0.15) is 38.3 Å². The van der Waals surface area contributed by atoms with E-state index >= 15 is 0 Å². The maximum absolute atomic E-state index is 13.7. The van der Waals surface area contributed by atoms with Crippen LogP contribution in [0.5, 0.6) is 0 Å². The zero-order valence-corrected chi connectivity index (χ0v) is 19.9. The van der Waals surface area contributed by atoms with Gasteiger partial charge in [0.1, 0.15) is 17.7 Å². The Morgan fingerprint density at radius 3 is 2.78 bits per heavy atom. The predicted molar refractivity (Wildman–Crippen MR) is 130 cm³/mol. The van der Waals surface area contributed by atoms with E-state index in [1.807, 2.05) is 19.2 Å². The largest absolute Gasteiger partial charge is 0.388 e. The van der Waals surface area contributed by atoms with Gasteiger partial charge in [0.2, 0.25) is 5.91 Å². The van der Waals surface area contributed by atoms with Crippen LogP contribution >= 0.6 is 0 Å². The fraction of sp³-hybridized carbons (Fsp3) is 0.400. The molecule has 0 radical (unpaired) electrons. The van der Waals surface area contributed by atoms with Crippen molar-refractivity contribution in [2.45, 2.75) is 44.4 Å². The lowest BCUT2D eigenvalue weighted by molar-refractivity contribution is -0.117. The Morgan fingerprint density at radius 2 is 2.05 bits per heavy atom. The fourth-order valence-electron chi connectivity index (χ4n) is 4.84. The molecular weight excluding hydrogens is 487 g/mol. The standard InChI is InChI=1S/C25H24F3N7O2/c1-25(37)5-2-6-34(12-25)13-3-4-20-32-23(33-35(20)11-13)17-10-30-21(22(27)28)16-9-29-19(8-14(16)17)31-24(36)15-7-18(15)26/h3-4,8-11,15,18,22,37H,2,5-7,12H2,1H3,(H,29,31,36)/t15-,18+,25-/m1/s1. The SMILES string of the molecule is C[C@@]1(O)CCCN(c2ccc3nc(-c4cnc(C(F)F)c5cnc(NC(=O)[C@@H]6C[C@@H]6F)cc45)nn3c2)C1. The third-order valence-corrected chi connectivity index (χ3v) is 6.91. The minimum atomic E-state index is -2.84. The van der Waals surface area contributed by atoms with Crippen LogP contribution in [0.25, 0.3) is 27.8 Å². The molecule has 5 heterocycles. The van der Waals surface area contributed by atoms with E-state index < -0.39 is 35.7 Å². The maximum atomic E-state index is 13.7. The van der Waals surface area contributed by atoms with Gasteiger partial charge in [-0.05, 0) is 44.4 Å². The second kappa shape index (κ2) is 8.65. The van der Waals surface area contributed by atoms with E-state index in [4.69, 9.17) is 0 Å². The summed E-state index contributed by atoms with van der Waals surface area (Å²) in [6.45, 7) is 3.12. The molecule has 37 heavy (non-hydrogen) atoms. The van der Waals surface area contributed by atoms with Crippen molar-refractivity contribution in [3.63, 3.8) is 0 Å². The summed E-state index contributed by atoms with van der Waals surface area (Å²) in [5, 5.41) is 18.0. The van der Waals surface area contributed by atoms with E-state index in [2.05, 4.69) is 30.3 Å². The second-order valence-corrected chi connectivity index (χ2v) is 9.97. The van der Waals surface area contributed by atoms with Crippen LogP contribution in [0.3, 0.4) is 0 Å².